The third-order valence-electron chi connectivity index (χ3n) is 5.59. The Bertz CT molecular complexity index is 900. The minimum Gasteiger partial charge on any atom is -0.391 e. The molecule has 2 aromatic rings. The van der Waals surface area contributed by atoms with Crippen molar-refractivity contribution in [1.29, 1.82) is 0 Å². The molecule has 0 radical (unpaired) electrons. The van der Waals surface area contributed by atoms with Crippen LogP contribution in [0.15, 0.2) is 6.33 Å². The summed E-state index contributed by atoms with van der Waals surface area (Å²) in [4.78, 5) is 26.8. The fraction of sp³-hybridized carbons (Fsp3) is 0.667. The van der Waals surface area contributed by atoms with Crippen LogP contribution < -0.4 is 22.9 Å². The van der Waals surface area contributed by atoms with Crippen LogP contribution in [0.5, 0.6) is 0 Å². The highest BCUT2D eigenvalue weighted by molar-refractivity contribution is 5.83. The molecule has 3 rings (SSSR count). The number of amides is 1. The summed E-state index contributed by atoms with van der Waals surface area (Å²) < 4.78 is 1.63. The summed E-state index contributed by atoms with van der Waals surface area (Å²) >= 11 is 0. The first kappa shape index (κ1) is 22.2. The van der Waals surface area contributed by atoms with E-state index in [0.717, 1.165) is 12.8 Å². The van der Waals surface area contributed by atoms with Crippen molar-refractivity contribution >= 4 is 28.8 Å². The summed E-state index contributed by atoms with van der Waals surface area (Å²) in [6.07, 6.45) is 2.64. The lowest BCUT2D eigenvalue weighted by atomic mass is 9.91. The average molecular weight is 422 g/mol. The summed E-state index contributed by atoms with van der Waals surface area (Å²) in [7, 11) is 0. The number of hydrogen-bond acceptors (Lipinski definition) is 10. The number of carbonyl (C=O) groups excluding carboxylic acids is 1. The van der Waals surface area contributed by atoms with Gasteiger partial charge < -0.3 is 42.6 Å². The van der Waals surface area contributed by atoms with Gasteiger partial charge in [0.2, 0.25) is 11.9 Å². The van der Waals surface area contributed by atoms with E-state index < -0.39 is 23.8 Å². The van der Waals surface area contributed by atoms with Crippen LogP contribution in [-0.4, -0.2) is 77.9 Å². The Hall–Kier alpha value is -2.54. The molecule has 1 saturated heterocycles. The van der Waals surface area contributed by atoms with Gasteiger partial charge in [-0.05, 0) is 26.3 Å². The normalized spacial score (nSPS) is 26.0. The minimum absolute atomic E-state index is 0.0232. The third-order valence-corrected chi connectivity index (χ3v) is 5.59. The molecule has 30 heavy (non-hydrogen) atoms. The van der Waals surface area contributed by atoms with Crippen molar-refractivity contribution in [2.75, 3.05) is 31.1 Å². The fourth-order valence-corrected chi connectivity index (χ4v) is 4.03. The molecule has 1 amide bonds. The van der Waals surface area contributed by atoms with E-state index in [1.165, 1.54) is 11.2 Å². The van der Waals surface area contributed by atoms with Gasteiger partial charge in [0.25, 0.3) is 0 Å². The van der Waals surface area contributed by atoms with Crippen LogP contribution in [0.1, 0.15) is 38.6 Å². The molecule has 3 heterocycles. The molecular weight excluding hydrogens is 390 g/mol. The Balaban J connectivity index is 1.94. The van der Waals surface area contributed by atoms with Crippen molar-refractivity contribution in [1.82, 2.24) is 24.4 Å². The van der Waals surface area contributed by atoms with Crippen molar-refractivity contribution < 1.29 is 15.0 Å². The highest BCUT2D eigenvalue weighted by Crippen LogP contribution is 2.34. The second kappa shape index (κ2) is 8.68. The highest BCUT2D eigenvalue weighted by Gasteiger charge is 2.42. The average Bonchev–Trinajstić information content (AvgIpc) is 3.02. The zero-order valence-electron chi connectivity index (χ0n) is 17.1. The van der Waals surface area contributed by atoms with Crippen LogP contribution in [0.2, 0.25) is 0 Å². The van der Waals surface area contributed by atoms with E-state index in [-0.39, 0.29) is 37.2 Å². The number of aliphatic hydroxyl groups excluding tert-OH is 1. The minimum atomic E-state index is -1.36. The van der Waals surface area contributed by atoms with Crippen LogP contribution in [0.25, 0.3) is 11.2 Å². The van der Waals surface area contributed by atoms with Crippen molar-refractivity contribution in [2.24, 2.45) is 11.5 Å². The molecule has 2 aromatic heterocycles. The molecule has 0 bridgehead atoms. The number of nitrogen functional groups attached to an aromatic ring is 2. The van der Waals surface area contributed by atoms with E-state index in [9.17, 15) is 15.0 Å². The van der Waals surface area contributed by atoms with Gasteiger partial charge in [-0.15, -0.1) is 0 Å². The topological polar surface area (TPSA) is 208 Å². The molecule has 0 spiro atoms. The summed E-state index contributed by atoms with van der Waals surface area (Å²) in [6, 6.07) is -1.37. The number of β-amino-alcohol motifs (C(OH)–C–C–N with tert-alkyl or cyclic N) is 1. The first-order valence-electron chi connectivity index (χ1n) is 10.0. The summed E-state index contributed by atoms with van der Waals surface area (Å²) in [5.74, 6) is -0.184. The van der Waals surface area contributed by atoms with Gasteiger partial charge >= 0.3 is 0 Å². The highest BCUT2D eigenvalue weighted by atomic mass is 16.3. The maximum atomic E-state index is 13.0. The number of nitrogens with zero attached hydrogens (tertiary/aromatic N) is 5. The first-order chi connectivity index (χ1) is 14.1. The quantitative estimate of drug-likeness (QED) is 0.292. The SMILES string of the molecule is C[C@]1(O)C[C@@H](O)CN(C(=O)[C@@H](N)CCCCN)C[C@@H]1n1cnc2c(N)nc(N)nc21. The van der Waals surface area contributed by atoms with Gasteiger partial charge in [0.1, 0.15) is 5.52 Å². The molecule has 1 aliphatic heterocycles. The number of carbonyl (C=O) groups is 1. The third kappa shape index (κ3) is 4.46. The predicted molar refractivity (Wildman–Crippen MR) is 112 cm³/mol. The standard InChI is InChI=1S/C18H31N9O3/c1-18(30)6-10(28)7-26(16(29)11(20)4-2-3-5-19)8-12(18)27-9-23-13-14(21)24-17(22)25-15(13)27/h9-12,28,30H,2-8,19-20H2,1H3,(H4,21,22,24,25)/t10-,11+,12+,18+/m1/s1. The fourth-order valence-electron chi connectivity index (χ4n) is 4.03. The molecule has 4 atom stereocenters. The lowest BCUT2D eigenvalue weighted by molar-refractivity contribution is -0.134. The van der Waals surface area contributed by atoms with Gasteiger partial charge in [-0.25, -0.2) is 4.98 Å². The van der Waals surface area contributed by atoms with Crippen molar-refractivity contribution in [3.8, 4) is 0 Å². The number of rotatable bonds is 6. The van der Waals surface area contributed by atoms with Crippen molar-refractivity contribution in [2.45, 2.75) is 56.4 Å². The van der Waals surface area contributed by atoms with E-state index in [4.69, 9.17) is 22.9 Å². The van der Waals surface area contributed by atoms with Gasteiger partial charge in [0.15, 0.2) is 11.5 Å². The van der Waals surface area contributed by atoms with E-state index in [1.807, 2.05) is 0 Å². The molecule has 1 aliphatic rings. The van der Waals surface area contributed by atoms with E-state index in [0.29, 0.717) is 24.1 Å². The zero-order valence-corrected chi connectivity index (χ0v) is 17.1. The van der Waals surface area contributed by atoms with Crippen molar-refractivity contribution in [3.05, 3.63) is 6.33 Å². The molecule has 0 aliphatic carbocycles. The van der Waals surface area contributed by atoms with Gasteiger partial charge in [0.05, 0.1) is 30.1 Å². The number of aromatic nitrogens is 4. The molecule has 0 aromatic carbocycles. The molecule has 12 nitrogen and oxygen atoms in total. The van der Waals surface area contributed by atoms with Crippen LogP contribution >= 0.6 is 0 Å². The lowest BCUT2D eigenvalue weighted by Crippen LogP contribution is -2.48. The summed E-state index contributed by atoms with van der Waals surface area (Å²) in [5, 5.41) is 21.6. The van der Waals surface area contributed by atoms with Crippen LogP contribution in [0.3, 0.4) is 0 Å². The Morgan fingerprint density at radius 3 is 2.77 bits per heavy atom. The number of hydrogen-bond donors (Lipinski definition) is 6. The number of aliphatic hydroxyl groups is 2. The van der Waals surface area contributed by atoms with E-state index in [1.54, 1.807) is 11.5 Å². The first-order valence-corrected chi connectivity index (χ1v) is 10.0. The molecule has 166 valence electrons. The zero-order chi connectivity index (χ0) is 22.1. The Kier molecular flexibility index (Phi) is 6.41. The maximum Gasteiger partial charge on any atom is 0.239 e. The molecule has 10 N–H and O–H groups in total. The number of unbranched alkanes of at least 4 members (excludes halogenated alkanes) is 1. The Morgan fingerprint density at radius 2 is 2.07 bits per heavy atom. The van der Waals surface area contributed by atoms with Gasteiger partial charge in [-0.1, -0.05) is 6.42 Å². The summed E-state index contributed by atoms with van der Waals surface area (Å²) in [6.45, 7) is 2.33. The van der Waals surface area contributed by atoms with Gasteiger partial charge in [-0.3, -0.25) is 4.79 Å². The maximum absolute atomic E-state index is 13.0. The molecule has 0 unspecified atom stereocenters. The van der Waals surface area contributed by atoms with Gasteiger partial charge in [-0.2, -0.15) is 9.97 Å². The monoisotopic (exact) mass is 421 g/mol. The van der Waals surface area contributed by atoms with Crippen LogP contribution in [-0.2, 0) is 4.79 Å². The molecule has 0 saturated carbocycles. The number of nitrogens with two attached hydrogens (primary N) is 4. The molecule has 1 fully saturated rings. The molecular formula is C18H31N9O3. The predicted octanol–water partition coefficient (Wildman–Crippen LogP) is -1.67. The summed E-state index contributed by atoms with van der Waals surface area (Å²) in [5.41, 5.74) is 22.6. The van der Waals surface area contributed by atoms with E-state index >= 15 is 0 Å². The van der Waals surface area contributed by atoms with Crippen LogP contribution in [0.4, 0.5) is 11.8 Å². The number of anilines is 2. The second-order valence-electron chi connectivity index (χ2n) is 8.16. The van der Waals surface area contributed by atoms with Crippen LogP contribution in [0, 0.1) is 0 Å². The number of likely N-dealkylation sites (tertiary alicyclic amines) is 1. The van der Waals surface area contributed by atoms with Gasteiger partial charge in [0, 0.05) is 19.5 Å². The smallest absolute Gasteiger partial charge is 0.239 e. The Labute approximate surface area is 174 Å². The Morgan fingerprint density at radius 1 is 1.33 bits per heavy atom. The lowest BCUT2D eigenvalue weighted by Gasteiger charge is -2.34. The van der Waals surface area contributed by atoms with Crippen molar-refractivity contribution in [3.63, 3.8) is 0 Å². The van der Waals surface area contributed by atoms with E-state index in [2.05, 4.69) is 15.0 Å². The largest absolute Gasteiger partial charge is 0.391 e. The number of fused-ring (bicyclic) bond motifs is 1. The molecule has 12 heteroatoms. The second-order valence-corrected chi connectivity index (χ2v) is 8.16. The number of imidazole rings is 1.